The minimum atomic E-state index is 0.575. The number of fused-ring (bicyclic) bond motifs is 18. The lowest BCUT2D eigenvalue weighted by Crippen LogP contribution is -2.16. The van der Waals surface area contributed by atoms with Gasteiger partial charge in [-0.15, -0.1) is 22.7 Å². The number of nitrogens with zero attached hydrogens (tertiary/aromatic N) is 5. The predicted octanol–water partition coefficient (Wildman–Crippen LogP) is 19.0. The molecule has 5 nitrogen and oxygen atoms in total. The number of thiophene rings is 2. The second kappa shape index (κ2) is 15.1. The monoisotopic (exact) mass is 989 g/mol. The van der Waals surface area contributed by atoms with Crippen LogP contribution in [0.25, 0.3) is 150 Å². The fraction of sp³-hybridized carbons (Fsp3) is 0.0147. The third kappa shape index (κ3) is 5.39. The Morgan fingerprint density at radius 3 is 0.893 bits per heavy atom. The Labute approximate surface area is 436 Å². The Morgan fingerprint density at radius 1 is 0.280 bits per heavy atom. The standard InChI is InChI=1S/C68H39N5S2/c1-39-65(72-57-30-14-6-22-44(57)48-34-50-46-24-8-16-32-61(46)74-63(50)36-59(48)72)67(70-53-26-10-2-18-40(53)41-19-3-11-27-54(41)70)52(38-69)68(71-55-28-12-4-20-42(55)43-21-5-13-29-56(43)71)66(39)73-58-31-15-7-23-45(58)49-35-51-47-25-9-17-33-62(47)75-64(51)37-60(49)73/h2-37H,1H3. The molecular weight excluding hydrogens is 951 g/mol. The number of para-hydroxylation sites is 6. The van der Waals surface area contributed by atoms with Crippen molar-refractivity contribution in [2.24, 2.45) is 0 Å². The Bertz CT molecular complexity index is 4980. The van der Waals surface area contributed by atoms with Crippen LogP contribution in [-0.2, 0) is 0 Å². The van der Waals surface area contributed by atoms with Gasteiger partial charge in [-0.1, -0.05) is 146 Å². The van der Waals surface area contributed by atoms with Gasteiger partial charge in [0.1, 0.15) is 11.6 Å². The topological polar surface area (TPSA) is 43.5 Å². The maximum absolute atomic E-state index is 12.7. The third-order valence-corrected chi connectivity index (χ3v) is 18.4. The zero-order valence-electron chi connectivity index (χ0n) is 40.3. The van der Waals surface area contributed by atoms with E-state index < -0.39 is 0 Å². The molecule has 6 aromatic heterocycles. The molecule has 0 atom stereocenters. The number of hydrogen-bond donors (Lipinski definition) is 0. The summed E-state index contributed by atoms with van der Waals surface area (Å²) in [5.41, 5.74) is 13.7. The Morgan fingerprint density at radius 2 is 0.560 bits per heavy atom. The lowest BCUT2D eigenvalue weighted by Gasteiger charge is -2.28. The molecule has 17 aromatic rings. The number of aromatic nitrogens is 4. The zero-order valence-corrected chi connectivity index (χ0v) is 42.0. The highest BCUT2D eigenvalue weighted by Gasteiger charge is 2.33. The Hall–Kier alpha value is -9.45. The van der Waals surface area contributed by atoms with Gasteiger partial charge >= 0.3 is 0 Å². The van der Waals surface area contributed by atoms with Crippen LogP contribution in [0.15, 0.2) is 218 Å². The highest BCUT2D eigenvalue weighted by Crippen LogP contribution is 2.50. The van der Waals surface area contributed by atoms with Gasteiger partial charge < -0.3 is 18.3 Å². The molecule has 17 rings (SSSR count). The summed E-state index contributed by atoms with van der Waals surface area (Å²) in [6.07, 6.45) is 0. The average Bonchev–Trinajstić information content (AvgIpc) is 4.41. The van der Waals surface area contributed by atoms with Crippen LogP contribution in [0.1, 0.15) is 11.1 Å². The minimum Gasteiger partial charge on any atom is -0.307 e. The smallest absolute Gasteiger partial charge is 0.104 e. The first-order valence-electron chi connectivity index (χ1n) is 25.4. The molecule has 6 heterocycles. The van der Waals surface area contributed by atoms with Crippen LogP contribution in [-0.4, -0.2) is 18.3 Å². The van der Waals surface area contributed by atoms with Gasteiger partial charge in [-0.2, -0.15) is 5.26 Å². The summed E-state index contributed by atoms with van der Waals surface area (Å²) in [4.78, 5) is 0. The summed E-state index contributed by atoms with van der Waals surface area (Å²) in [6.45, 7) is 2.32. The molecule has 0 unspecified atom stereocenters. The van der Waals surface area contributed by atoms with Crippen molar-refractivity contribution in [2.75, 3.05) is 0 Å². The van der Waals surface area contributed by atoms with Crippen LogP contribution in [0.2, 0.25) is 0 Å². The molecule has 0 spiro atoms. The van der Waals surface area contributed by atoms with Crippen molar-refractivity contribution in [1.82, 2.24) is 18.3 Å². The lowest BCUT2D eigenvalue weighted by molar-refractivity contribution is 1.01. The van der Waals surface area contributed by atoms with Crippen molar-refractivity contribution in [3.05, 3.63) is 230 Å². The van der Waals surface area contributed by atoms with E-state index in [1.807, 2.05) is 22.7 Å². The van der Waals surface area contributed by atoms with Crippen molar-refractivity contribution in [1.29, 1.82) is 5.26 Å². The van der Waals surface area contributed by atoms with Gasteiger partial charge in [-0.25, -0.2) is 0 Å². The first kappa shape index (κ1) is 41.1. The molecule has 0 saturated heterocycles. The molecule has 348 valence electrons. The van der Waals surface area contributed by atoms with Crippen LogP contribution in [0.5, 0.6) is 0 Å². The molecule has 0 N–H and O–H groups in total. The summed E-state index contributed by atoms with van der Waals surface area (Å²) in [5.74, 6) is 0. The van der Waals surface area contributed by atoms with E-state index in [-0.39, 0.29) is 0 Å². The van der Waals surface area contributed by atoms with Crippen molar-refractivity contribution in [3.8, 4) is 28.8 Å². The van der Waals surface area contributed by atoms with E-state index in [1.54, 1.807) is 0 Å². The van der Waals surface area contributed by atoms with E-state index in [4.69, 9.17) is 0 Å². The zero-order chi connectivity index (χ0) is 49.2. The maximum Gasteiger partial charge on any atom is 0.104 e. The third-order valence-electron chi connectivity index (χ3n) is 16.1. The van der Waals surface area contributed by atoms with Crippen LogP contribution >= 0.6 is 22.7 Å². The van der Waals surface area contributed by atoms with E-state index >= 15 is 0 Å². The molecule has 0 aliphatic heterocycles. The summed E-state index contributed by atoms with van der Waals surface area (Å²) < 4.78 is 14.8. The quantitative estimate of drug-likeness (QED) is 0.173. The number of nitriles is 1. The average molecular weight is 990 g/mol. The summed E-state index contributed by atoms with van der Waals surface area (Å²) >= 11 is 3.68. The van der Waals surface area contributed by atoms with Gasteiger partial charge in [0.2, 0.25) is 0 Å². The highest BCUT2D eigenvalue weighted by atomic mass is 32.1. The highest BCUT2D eigenvalue weighted by molar-refractivity contribution is 7.26. The number of benzene rings is 11. The molecule has 0 aliphatic carbocycles. The van der Waals surface area contributed by atoms with Gasteiger partial charge in [0.25, 0.3) is 0 Å². The van der Waals surface area contributed by atoms with E-state index in [0.717, 1.165) is 105 Å². The molecule has 0 saturated carbocycles. The van der Waals surface area contributed by atoms with Gasteiger partial charge in [0, 0.05) is 89.0 Å². The normalized spacial score (nSPS) is 12.3. The second-order valence-electron chi connectivity index (χ2n) is 19.9. The summed E-state index contributed by atoms with van der Waals surface area (Å²) in [6, 6.07) is 82.8. The minimum absolute atomic E-state index is 0.575. The van der Waals surface area contributed by atoms with E-state index in [0.29, 0.717) is 5.56 Å². The number of hydrogen-bond acceptors (Lipinski definition) is 3. The van der Waals surface area contributed by atoms with Crippen LogP contribution < -0.4 is 0 Å². The first-order chi connectivity index (χ1) is 37.1. The van der Waals surface area contributed by atoms with Crippen molar-refractivity contribution < 1.29 is 0 Å². The first-order valence-corrected chi connectivity index (χ1v) is 27.0. The largest absolute Gasteiger partial charge is 0.307 e. The van der Waals surface area contributed by atoms with Gasteiger partial charge in [0.05, 0.1) is 66.9 Å². The van der Waals surface area contributed by atoms with Crippen LogP contribution in [0.4, 0.5) is 0 Å². The fourth-order valence-corrected chi connectivity index (χ4v) is 15.3. The van der Waals surface area contributed by atoms with Crippen molar-refractivity contribution in [2.45, 2.75) is 6.92 Å². The molecular formula is C68H39N5S2. The molecule has 0 radical (unpaired) electrons. The van der Waals surface area contributed by atoms with E-state index in [2.05, 4.69) is 250 Å². The van der Waals surface area contributed by atoms with E-state index in [9.17, 15) is 5.26 Å². The molecule has 75 heavy (non-hydrogen) atoms. The molecule has 7 heteroatoms. The Kier molecular flexibility index (Phi) is 8.25. The van der Waals surface area contributed by atoms with Crippen LogP contribution in [0, 0.1) is 18.3 Å². The van der Waals surface area contributed by atoms with Crippen molar-refractivity contribution in [3.63, 3.8) is 0 Å². The summed E-state index contributed by atoms with van der Waals surface area (Å²) in [5, 5.41) is 27.0. The predicted molar refractivity (Wildman–Crippen MR) is 319 cm³/mol. The fourth-order valence-electron chi connectivity index (χ4n) is 13.1. The van der Waals surface area contributed by atoms with Gasteiger partial charge in [-0.3, -0.25) is 0 Å². The summed E-state index contributed by atoms with van der Waals surface area (Å²) in [7, 11) is 0. The molecule has 0 aliphatic rings. The van der Waals surface area contributed by atoms with Crippen molar-refractivity contribution >= 4 is 150 Å². The lowest BCUT2D eigenvalue weighted by atomic mass is 9.99. The Balaban J connectivity index is 1.16. The molecule has 0 fully saturated rings. The molecule has 11 aromatic carbocycles. The second-order valence-corrected chi connectivity index (χ2v) is 22.0. The number of rotatable bonds is 4. The van der Waals surface area contributed by atoms with Gasteiger partial charge in [0.15, 0.2) is 0 Å². The maximum atomic E-state index is 12.7. The molecule has 0 amide bonds. The molecule has 0 bridgehead atoms. The van der Waals surface area contributed by atoms with Crippen LogP contribution in [0.3, 0.4) is 0 Å². The van der Waals surface area contributed by atoms with E-state index in [1.165, 1.54) is 51.1 Å². The van der Waals surface area contributed by atoms with Gasteiger partial charge in [-0.05, 0) is 79.7 Å². The SMILES string of the molecule is Cc1c(-n2c3ccccc3c3cc4c(cc32)sc2ccccc24)c(-n2c3ccccc3c3ccccc32)c(C#N)c(-n2c3ccccc3c3ccccc32)c1-n1c2ccccc2c2cc3c(cc21)sc1ccccc13.